The molecule has 0 aromatic carbocycles. The van der Waals surface area contributed by atoms with Gasteiger partial charge in [-0.05, 0) is 18.1 Å². The molecule has 2 heterocycles. The van der Waals surface area contributed by atoms with Crippen LogP contribution in [0.3, 0.4) is 0 Å². The second kappa shape index (κ2) is 10.0. The third-order valence-electron chi connectivity index (χ3n) is 3.63. The van der Waals surface area contributed by atoms with Crippen LogP contribution >= 0.6 is 35.3 Å². The monoisotopic (exact) mass is 461 g/mol. The molecule has 2 rings (SSSR count). The number of guanidine groups is 1. The van der Waals surface area contributed by atoms with Gasteiger partial charge in [-0.1, -0.05) is 13.8 Å². The minimum absolute atomic E-state index is 0. The molecule has 24 heavy (non-hydrogen) atoms. The van der Waals surface area contributed by atoms with Gasteiger partial charge >= 0.3 is 0 Å². The van der Waals surface area contributed by atoms with Gasteiger partial charge in [-0.25, -0.2) is 4.98 Å². The number of halogens is 1. The number of nitrogens with one attached hydrogen (secondary N) is 1. The second-order valence-electron chi connectivity index (χ2n) is 6.19. The van der Waals surface area contributed by atoms with E-state index in [0.29, 0.717) is 5.92 Å². The largest absolute Gasteiger partial charge is 0.353 e. The van der Waals surface area contributed by atoms with Crippen LogP contribution in [0.25, 0.3) is 0 Å². The Balaban J connectivity index is 0.00000288. The van der Waals surface area contributed by atoms with Crippen molar-refractivity contribution in [3.63, 3.8) is 0 Å². The molecular formula is C17H28IN5S. The molecule has 0 saturated heterocycles. The van der Waals surface area contributed by atoms with Gasteiger partial charge in [-0.3, -0.25) is 4.99 Å². The Kier molecular flexibility index (Phi) is 8.75. The normalized spacial score (nSPS) is 11.5. The summed E-state index contributed by atoms with van der Waals surface area (Å²) >= 11 is 1.78. The molecule has 0 amide bonds. The van der Waals surface area contributed by atoms with Crippen LogP contribution in [-0.4, -0.2) is 34.5 Å². The molecule has 0 aliphatic heterocycles. The van der Waals surface area contributed by atoms with Crippen molar-refractivity contribution < 1.29 is 0 Å². The highest BCUT2D eigenvalue weighted by molar-refractivity contribution is 14.0. The van der Waals surface area contributed by atoms with Crippen LogP contribution in [0.2, 0.25) is 0 Å². The molecule has 0 bridgehead atoms. The molecule has 2 aromatic rings. The number of aromatic nitrogens is 2. The smallest absolute Gasteiger partial charge is 0.194 e. The fraction of sp³-hybridized carbons (Fsp3) is 0.529. The van der Waals surface area contributed by atoms with E-state index in [1.807, 2.05) is 13.2 Å². The molecule has 0 atom stereocenters. The summed E-state index contributed by atoms with van der Waals surface area (Å²) in [6.07, 6.45) is 5.08. The highest BCUT2D eigenvalue weighted by Gasteiger charge is 2.10. The number of hydrogen-bond acceptors (Lipinski definition) is 3. The minimum atomic E-state index is 0. The van der Waals surface area contributed by atoms with E-state index in [9.17, 15) is 0 Å². The molecule has 0 spiro atoms. The van der Waals surface area contributed by atoms with E-state index < -0.39 is 0 Å². The summed E-state index contributed by atoms with van der Waals surface area (Å²) in [6.45, 7) is 6.03. The predicted molar refractivity (Wildman–Crippen MR) is 113 cm³/mol. The Morgan fingerprint density at radius 2 is 2.21 bits per heavy atom. The van der Waals surface area contributed by atoms with Gasteiger partial charge in [0.2, 0.25) is 0 Å². The minimum Gasteiger partial charge on any atom is -0.353 e. The molecule has 0 fully saturated rings. The first-order valence-corrected chi connectivity index (χ1v) is 8.76. The van der Waals surface area contributed by atoms with Crippen LogP contribution in [-0.2, 0) is 26.6 Å². The van der Waals surface area contributed by atoms with Gasteiger partial charge in [0, 0.05) is 50.5 Å². The highest BCUT2D eigenvalue weighted by Crippen LogP contribution is 2.16. The average molecular weight is 461 g/mol. The van der Waals surface area contributed by atoms with Gasteiger partial charge in [0.15, 0.2) is 5.96 Å². The van der Waals surface area contributed by atoms with Crippen LogP contribution in [0.5, 0.6) is 0 Å². The summed E-state index contributed by atoms with van der Waals surface area (Å²) in [7, 11) is 5.94. The molecule has 0 aliphatic rings. The van der Waals surface area contributed by atoms with Crippen molar-refractivity contribution in [1.29, 1.82) is 0 Å². The summed E-state index contributed by atoms with van der Waals surface area (Å²) in [5, 5.41) is 4.63. The summed E-state index contributed by atoms with van der Waals surface area (Å²) in [5.74, 6) is 1.54. The van der Waals surface area contributed by atoms with Crippen LogP contribution < -0.4 is 5.32 Å². The number of nitrogens with zero attached hydrogens (tertiary/aromatic N) is 4. The van der Waals surface area contributed by atoms with E-state index in [1.165, 1.54) is 15.6 Å². The zero-order chi connectivity index (χ0) is 16.8. The van der Waals surface area contributed by atoms with Gasteiger partial charge in [-0.2, -0.15) is 0 Å². The zero-order valence-corrected chi connectivity index (χ0v) is 18.3. The van der Waals surface area contributed by atoms with E-state index in [-0.39, 0.29) is 24.0 Å². The van der Waals surface area contributed by atoms with Crippen molar-refractivity contribution in [3.05, 3.63) is 40.1 Å². The lowest BCUT2D eigenvalue weighted by Crippen LogP contribution is -2.38. The molecule has 0 radical (unpaired) electrons. The van der Waals surface area contributed by atoms with Gasteiger partial charge < -0.3 is 14.8 Å². The first-order chi connectivity index (χ1) is 11.0. The third-order valence-corrected chi connectivity index (χ3v) is 4.65. The number of aliphatic imine (C=N–C) groups is 1. The van der Waals surface area contributed by atoms with Crippen LogP contribution in [0.15, 0.2) is 29.5 Å². The molecule has 0 aliphatic carbocycles. The first kappa shape index (κ1) is 21.0. The standard InChI is InChI=1S/C17H27N5S.HI/c1-13(2)9-16-19-10-15(23-16)11-20-17(18-3)22(5)12-14-7-6-8-21(14)4;/h6-8,10,13H,9,11-12H2,1-5H3,(H,18,20);1H. The molecule has 7 heteroatoms. The van der Waals surface area contributed by atoms with Crippen molar-refractivity contribution in [2.24, 2.45) is 18.0 Å². The molecule has 2 aromatic heterocycles. The fourth-order valence-corrected chi connectivity index (χ4v) is 3.48. The van der Waals surface area contributed by atoms with E-state index in [0.717, 1.165) is 25.5 Å². The number of hydrogen-bond donors (Lipinski definition) is 1. The van der Waals surface area contributed by atoms with Crippen molar-refractivity contribution >= 4 is 41.3 Å². The summed E-state index contributed by atoms with van der Waals surface area (Å²) in [6, 6.07) is 4.19. The van der Waals surface area contributed by atoms with E-state index in [1.54, 1.807) is 11.3 Å². The van der Waals surface area contributed by atoms with Gasteiger partial charge in [0.1, 0.15) is 0 Å². The van der Waals surface area contributed by atoms with Gasteiger partial charge in [-0.15, -0.1) is 35.3 Å². The van der Waals surface area contributed by atoms with Crippen molar-refractivity contribution in [2.75, 3.05) is 14.1 Å². The van der Waals surface area contributed by atoms with Crippen LogP contribution in [0, 0.1) is 5.92 Å². The Morgan fingerprint density at radius 3 is 2.79 bits per heavy atom. The summed E-state index contributed by atoms with van der Waals surface area (Å²) in [4.78, 5) is 12.2. The molecule has 5 nitrogen and oxygen atoms in total. The molecule has 1 N–H and O–H groups in total. The zero-order valence-electron chi connectivity index (χ0n) is 15.1. The van der Waals surface area contributed by atoms with Gasteiger partial charge in [0.25, 0.3) is 0 Å². The Morgan fingerprint density at radius 1 is 1.46 bits per heavy atom. The molecule has 134 valence electrons. The third kappa shape index (κ3) is 6.08. The topological polar surface area (TPSA) is 45.5 Å². The van der Waals surface area contributed by atoms with E-state index >= 15 is 0 Å². The Labute approximate surface area is 166 Å². The lowest BCUT2D eigenvalue weighted by molar-refractivity contribution is 0.462. The lowest BCUT2D eigenvalue weighted by atomic mass is 10.1. The second-order valence-corrected chi connectivity index (χ2v) is 7.39. The maximum absolute atomic E-state index is 4.50. The number of rotatable bonds is 6. The van der Waals surface area contributed by atoms with Crippen molar-refractivity contribution in [1.82, 2.24) is 19.8 Å². The maximum Gasteiger partial charge on any atom is 0.194 e. The number of thiazole rings is 1. The van der Waals surface area contributed by atoms with Crippen LogP contribution in [0.4, 0.5) is 0 Å². The van der Waals surface area contributed by atoms with Crippen molar-refractivity contribution in [3.8, 4) is 0 Å². The quantitative estimate of drug-likeness (QED) is 0.407. The number of aryl methyl sites for hydroxylation is 1. The SMILES string of the molecule is CN=C(NCc1cnc(CC(C)C)s1)N(C)Cc1cccn1C.I. The van der Waals surface area contributed by atoms with Crippen molar-refractivity contribution in [2.45, 2.75) is 33.4 Å². The fourth-order valence-electron chi connectivity index (χ4n) is 2.40. The average Bonchev–Trinajstić information content (AvgIpc) is 3.09. The summed E-state index contributed by atoms with van der Waals surface area (Å²) in [5.41, 5.74) is 1.26. The molecular weight excluding hydrogens is 433 g/mol. The molecule has 0 unspecified atom stereocenters. The lowest BCUT2D eigenvalue weighted by Gasteiger charge is -2.22. The van der Waals surface area contributed by atoms with Gasteiger partial charge in [0.05, 0.1) is 18.1 Å². The van der Waals surface area contributed by atoms with E-state index in [4.69, 9.17) is 0 Å². The first-order valence-electron chi connectivity index (χ1n) is 7.95. The maximum atomic E-state index is 4.50. The Bertz CT molecular complexity index is 647. The highest BCUT2D eigenvalue weighted by atomic mass is 127. The van der Waals surface area contributed by atoms with E-state index in [2.05, 4.69) is 71.0 Å². The predicted octanol–water partition coefficient (Wildman–Crippen LogP) is 3.51. The molecule has 0 saturated carbocycles. The Hall–Kier alpha value is -1.09. The summed E-state index contributed by atoms with van der Waals surface area (Å²) < 4.78 is 2.13. The van der Waals surface area contributed by atoms with Crippen LogP contribution in [0.1, 0.15) is 29.4 Å².